The molecule has 0 radical (unpaired) electrons. The van der Waals surface area contributed by atoms with E-state index in [1.165, 1.54) is 86.4 Å². The molecule has 3 nitrogen and oxygen atoms in total. The third kappa shape index (κ3) is 5.76. The molecule has 47 heavy (non-hydrogen) atoms. The molecule has 4 aliphatic rings. The van der Waals surface area contributed by atoms with Crippen LogP contribution in [0.4, 0.5) is 0 Å². The second-order valence-electron chi connectivity index (χ2n) is 17.6. The molecule has 252 valence electrons. The maximum absolute atomic E-state index is 13.3. The Bertz CT molecular complexity index is 1650. The van der Waals surface area contributed by atoms with E-state index in [9.17, 15) is 4.79 Å². The Labute approximate surface area is 285 Å². The highest BCUT2D eigenvalue weighted by Gasteiger charge is 2.59. The summed E-state index contributed by atoms with van der Waals surface area (Å²) in [6.07, 6.45) is 20.0. The first-order valence-electron chi connectivity index (χ1n) is 19.3. The van der Waals surface area contributed by atoms with Gasteiger partial charge in [-0.05, 0) is 128 Å². The molecule has 3 fully saturated rings. The average Bonchev–Trinajstić information content (AvgIpc) is 3.58. The summed E-state index contributed by atoms with van der Waals surface area (Å²) in [7, 11) is 0. The minimum absolute atomic E-state index is 0.175. The summed E-state index contributed by atoms with van der Waals surface area (Å²) in [6, 6.07) is 14.9. The third-order valence-corrected chi connectivity index (χ3v) is 14.5. The number of carbonyl (C=O) groups is 1. The SMILES string of the molecule is Cc1cc2c(cc1C)[n+](CC(=O)c1ccccc1)cn2[C@@H]1CC[C@@]2(C)C(=CC[C@H]3[C@@H]4CC[C@H]([C@H](C)CCCC(C)C)[C@@]4(C)CC[C@@H]32)C1. The molecule has 0 unspecified atom stereocenters. The highest BCUT2D eigenvalue weighted by molar-refractivity contribution is 5.95. The fourth-order valence-electron chi connectivity index (χ4n) is 11.7. The highest BCUT2D eigenvalue weighted by Crippen LogP contribution is 2.67. The van der Waals surface area contributed by atoms with E-state index < -0.39 is 0 Å². The summed E-state index contributed by atoms with van der Waals surface area (Å²) < 4.78 is 4.77. The molecule has 0 aliphatic heterocycles. The first-order chi connectivity index (χ1) is 22.5. The van der Waals surface area contributed by atoms with Gasteiger partial charge in [-0.25, -0.2) is 9.13 Å². The lowest BCUT2D eigenvalue weighted by molar-refractivity contribution is -0.658. The number of aryl methyl sites for hydroxylation is 2. The number of hydrogen-bond acceptors (Lipinski definition) is 1. The fourth-order valence-corrected chi connectivity index (χ4v) is 11.7. The molecule has 8 atom stereocenters. The number of rotatable bonds is 9. The van der Waals surface area contributed by atoms with Crippen LogP contribution in [0.2, 0.25) is 0 Å². The number of hydrogen-bond donors (Lipinski definition) is 0. The van der Waals surface area contributed by atoms with Crippen molar-refractivity contribution in [3.05, 3.63) is 77.1 Å². The zero-order chi connectivity index (χ0) is 33.1. The van der Waals surface area contributed by atoms with E-state index in [0.29, 0.717) is 23.4 Å². The van der Waals surface area contributed by atoms with Crippen LogP contribution < -0.4 is 4.57 Å². The Morgan fingerprint density at radius 3 is 2.47 bits per heavy atom. The number of nitrogens with zero attached hydrogens (tertiary/aromatic N) is 2. The highest BCUT2D eigenvalue weighted by atomic mass is 16.1. The van der Waals surface area contributed by atoms with Crippen molar-refractivity contribution >= 4 is 16.8 Å². The van der Waals surface area contributed by atoms with Gasteiger partial charge in [0.25, 0.3) is 0 Å². The van der Waals surface area contributed by atoms with Crippen LogP contribution in [0.25, 0.3) is 11.0 Å². The van der Waals surface area contributed by atoms with E-state index in [1.807, 2.05) is 30.3 Å². The Morgan fingerprint density at radius 2 is 1.70 bits per heavy atom. The number of fused-ring (bicyclic) bond motifs is 6. The second kappa shape index (κ2) is 12.6. The Balaban J connectivity index is 1.12. The molecule has 0 N–H and O–H groups in total. The molecule has 0 spiro atoms. The molecule has 7 rings (SSSR count). The Hall–Kier alpha value is -2.68. The van der Waals surface area contributed by atoms with Crippen molar-refractivity contribution in [3.8, 4) is 0 Å². The van der Waals surface area contributed by atoms with Crippen molar-refractivity contribution in [3.63, 3.8) is 0 Å². The molecule has 0 saturated heterocycles. The van der Waals surface area contributed by atoms with Crippen LogP contribution in [0.3, 0.4) is 0 Å². The summed E-state index contributed by atoms with van der Waals surface area (Å²) in [6.45, 7) is 17.5. The van der Waals surface area contributed by atoms with Gasteiger partial charge in [0.05, 0.1) is 0 Å². The van der Waals surface area contributed by atoms with E-state index in [2.05, 4.69) is 82.1 Å². The summed E-state index contributed by atoms with van der Waals surface area (Å²) in [5.41, 5.74) is 8.50. The number of benzene rings is 2. The van der Waals surface area contributed by atoms with Gasteiger partial charge in [0, 0.05) is 12.0 Å². The van der Waals surface area contributed by atoms with Gasteiger partial charge < -0.3 is 0 Å². The van der Waals surface area contributed by atoms with Crippen LogP contribution >= 0.6 is 0 Å². The number of aromatic nitrogens is 2. The van der Waals surface area contributed by atoms with Crippen LogP contribution in [-0.2, 0) is 6.54 Å². The number of carbonyl (C=O) groups excluding carboxylic acids is 1. The van der Waals surface area contributed by atoms with Gasteiger partial charge in [-0.1, -0.05) is 95.9 Å². The molecule has 0 bridgehead atoms. The maximum atomic E-state index is 13.3. The van der Waals surface area contributed by atoms with Gasteiger partial charge in [0.1, 0.15) is 6.04 Å². The number of ketones is 1. The summed E-state index contributed by atoms with van der Waals surface area (Å²) in [5, 5.41) is 0. The standard InChI is InChI=1S/C44H61N2O/c1-29(2)12-11-13-30(3)37-18-19-38-36-17-16-34-26-35(20-22-43(34,6)39(36)21-23-44(37,38)7)46-28-45(27-42(47)33-14-9-8-10-15-33)40-24-31(4)32(5)25-41(40)46/h8-10,14-16,24-25,28-30,35-39H,11-13,17-23,26-27H2,1-7H3/q+1/t30-,35-,36+,37-,38+,39+,43+,44-/m1/s1. The van der Waals surface area contributed by atoms with Crippen molar-refractivity contribution in [1.82, 2.24) is 4.57 Å². The van der Waals surface area contributed by atoms with Gasteiger partial charge in [-0.15, -0.1) is 0 Å². The predicted molar refractivity (Wildman–Crippen MR) is 194 cm³/mol. The predicted octanol–water partition coefficient (Wildman–Crippen LogP) is 11.0. The van der Waals surface area contributed by atoms with E-state index in [1.54, 1.807) is 5.57 Å². The topological polar surface area (TPSA) is 25.9 Å². The van der Waals surface area contributed by atoms with Gasteiger partial charge in [-0.3, -0.25) is 4.79 Å². The fraction of sp³-hybridized carbons (Fsp3) is 0.636. The van der Waals surface area contributed by atoms with E-state index >= 15 is 0 Å². The molecule has 1 aromatic heterocycles. The molecule has 1 heterocycles. The molecule has 2 aromatic carbocycles. The van der Waals surface area contributed by atoms with Crippen molar-refractivity contribution in [2.75, 3.05) is 0 Å². The average molecular weight is 634 g/mol. The number of Topliss-reactive ketones (excluding diaryl/α,β-unsaturated/α-hetero) is 1. The lowest BCUT2D eigenvalue weighted by atomic mass is 9.47. The summed E-state index contributed by atoms with van der Waals surface area (Å²) in [4.78, 5) is 13.3. The lowest BCUT2D eigenvalue weighted by Crippen LogP contribution is -2.50. The first-order valence-corrected chi connectivity index (χ1v) is 19.3. The lowest BCUT2D eigenvalue weighted by Gasteiger charge is -2.58. The normalized spacial score (nSPS) is 32.5. The Morgan fingerprint density at radius 1 is 0.936 bits per heavy atom. The van der Waals surface area contributed by atoms with Crippen LogP contribution in [0.1, 0.15) is 133 Å². The van der Waals surface area contributed by atoms with Crippen LogP contribution in [-0.4, -0.2) is 10.4 Å². The number of allylic oxidation sites excluding steroid dienone is 2. The zero-order valence-corrected chi connectivity index (χ0v) is 30.5. The van der Waals surface area contributed by atoms with Crippen molar-refractivity contribution in [2.45, 2.75) is 132 Å². The quantitative estimate of drug-likeness (QED) is 0.131. The molecule has 3 saturated carbocycles. The van der Waals surface area contributed by atoms with Crippen LogP contribution in [0.5, 0.6) is 0 Å². The monoisotopic (exact) mass is 633 g/mol. The molecule has 3 heteroatoms. The smallest absolute Gasteiger partial charge is 0.245 e. The van der Waals surface area contributed by atoms with Gasteiger partial charge >= 0.3 is 0 Å². The molecular weight excluding hydrogens is 572 g/mol. The molecule has 4 aliphatic carbocycles. The van der Waals surface area contributed by atoms with E-state index in [-0.39, 0.29) is 5.78 Å². The van der Waals surface area contributed by atoms with E-state index in [4.69, 9.17) is 0 Å². The second-order valence-corrected chi connectivity index (χ2v) is 17.6. The molecule has 3 aromatic rings. The minimum Gasteiger partial charge on any atom is -0.290 e. The van der Waals surface area contributed by atoms with Crippen LogP contribution in [0.15, 0.2) is 60.4 Å². The largest absolute Gasteiger partial charge is 0.290 e. The van der Waals surface area contributed by atoms with Crippen molar-refractivity contribution < 1.29 is 9.36 Å². The molecule has 0 amide bonds. The van der Waals surface area contributed by atoms with Gasteiger partial charge in [0.2, 0.25) is 12.1 Å². The minimum atomic E-state index is 0.175. The Kier molecular flexibility index (Phi) is 8.84. The third-order valence-electron chi connectivity index (χ3n) is 14.5. The zero-order valence-electron chi connectivity index (χ0n) is 30.5. The maximum Gasteiger partial charge on any atom is 0.245 e. The molecular formula is C44H61N2O+. The van der Waals surface area contributed by atoms with Gasteiger partial charge in [0.15, 0.2) is 17.6 Å². The van der Waals surface area contributed by atoms with Crippen molar-refractivity contribution in [2.24, 2.45) is 46.3 Å². The first kappa shape index (κ1) is 32.8. The number of imidazole rings is 1. The van der Waals surface area contributed by atoms with E-state index in [0.717, 1.165) is 47.5 Å². The van der Waals surface area contributed by atoms with Gasteiger partial charge in [-0.2, -0.15) is 0 Å². The summed E-state index contributed by atoms with van der Waals surface area (Å²) in [5.74, 6) is 5.42. The van der Waals surface area contributed by atoms with Crippen molar-refractivity contribution in [1.29, 1.82) is 0 Å². The summed E-state index contributed by atoms with van der Waals surface area (Å²) >= 11 is 0. The van der Waals surface area contributed by atoms with Crippen LogP contribution in [0, 0.1) is 60.2 Å².